The Morgan fingerprint density at radius 3 is 1.09 bits per heavy atom. The number of hydrogen-bond donors (Lipinski definition) is 0. The minimum absolute atomic E-state index is 0.0469. The molecule has 0 aliphatic rings. The molecule has 0 heterocycles. The highest BCUT2D eigenvalue weighted by Gasteiger charge is 2.17. The number of hydrogen-bond acceptors (Lipinski definition) is 5. The monoisotopic (exact) mass is 977 g/mol. The highest BCUT2D eigenvalue weighted by Crippen LogP contribution is 2.16. The maximum atomic E-state index is 12.8. The van der Waals surface area contributed by atoms with Crippen molar-refractivity contribution in [2.24, 2.45) is 0 Å². The lowest BCUT2D eigenvalue weighted by molar-refractivity contribution is -0.162. The van der Waals surface area contributed by atoms with E-state index in [4.69, 9.17) is 14.2 Å². The Hall–Kier alpha value is -2.66. The molecule has 0 aliphatic heterocycles. The number of unbranched alkanes of at least 4 members (excludes halogenated alkanes) is 34. The highest BCUT2D eigenvalue weighted by molar-refractivity contribution is 5.71. The lowest BCUT2D eigenvalue weighted by Crippen LogP contribution is -2.29. The summed E-state index contributed by atoms with van der Waals surface area (Å²) in [5.41, 5.74) is 0. The Labute approximate surface area is 436 Å². The van der Waals surface area contributed by atoms with Crippen molar-refractivity contribution >= 4 is 11.9 Å². The van der Waals surface area contributed by atoms with E-state index in [2.05, 4.69) is 81.5 Å². The normalized spacial score (nSPS) is 12.7. The Morgan fingerprint density at radius 2 is 0.686 bits per heavy atom. The van der Waals surface area contributed by atoms with E-state index in [0.29, 0.717) is 13.0 Å². The third-order valence-electron chi connectivity index (χ3n) is 13.3. The average Bonchev–Trinajstić information content (AvgIpc) is 3.36. The molecule has 0 spiro atoms. The summed E-state index contributed by atoms with van der Waals surface area (Å²) < 4.78 is 17.4. The molecule has 0 fully saturated rings. The zero-order valence-electron chi connectivity index (χ0n) is 46.8. The molecule has 0 aromatic heterocycles. The standard InChI is InChI=1S/C65H116O5/c1-4-7-10-13-16-19-22-25-28-30-32-34-36-39-42-45-48-51-54-57-60-68-61-63(70-65(67)59-56-53-50-47-44-41-37-27-24-21-18-15-12-9-6-3)62-69-64(66)58-55-52-49-46-43-40-38-35-33-31-29-26-23-20-17-14-11-8-5-2/h9,12,18,21,25,27-28,37,44,47,53,56,63H,4-8,10-11,13-17,19-20,22-24,26,29-36,38-43,45-46,48-52,54-55,57-62H2,1-3H3/b12-9-,21-18-,28-25-,37-27-,47-44-,56-53-. The van der Waals surface area contributed by atoms with Gasteiger partial charge in [0.15, 0.2) is 6.10 Å². The molecule has 0 saturated carbocycles. The van der Waals surface area contributed by atoms with Gasteiger partial charge >= 0.3 is 11.9 Å². The molecule has 0 radical (unpaired) electrons. The zero-order valence-corrected chi connectivity index (χ0v) is 46.8. The molecule has 5 nitrogen and oxygen atoms in total. The summed E-state index contributed by atoms with van der Waals surface area (Å²) in [7, 11) is 0. The summed E-state index contributed by atoms with van der Waals surface area (Å²) in [5.74, 6) is -0.530. The number of ether oxygens (including phenoxy) is 3. The van der Waals surface area contributed by atoms with E-state index in [-0.39, 0.29) is 31.6 Å². The van der Waals surface area contributed by atoms with Gasteiger partial charge in [-0.1, -0.05) is 293 Å². The number of esters is 2. The predicted octanol–water partition coefficient (Wildman–Crippen LogP) is 21.0. The lowest BCUT2D eigenvalue weighted by atomic mass is 10.0. The van der Waals surface area contributed by atoms with Gasteiger partial charge in [-0.05, 0) is 70.6 Å². The van der Waals surface area contributed by atoms with Crippen molar-refractivity contribution in [1.82, 2.24) is 0 Å². The van der Waals surface area contributed by atoms with Gasteiger partial charge in [0.1, 0.15) is 6.61 Å². The van der Waals surface area contributed by atoms with E-state index in [9.17, 15) is 9.59 Å². The van der Waals surface area contributed by atoms with Crippen LogP contribution in [0.5, 0.6) is 0 Å². The Balaban J connectivity index is 4.31. The van der Waals surface area contributed by atoms with E-state index in [0.717, 1.165) is 57.8 Å². The molecular formula is C65H116O5. The van der Waals surface area contributed by atoms with Crippen molar-refractivity contribution in [2.45, 2.75) is 309 Å². The fraction of sp³-hybridized carbons (Fsp3) is 0.785. The first-order valence-corrected chi connectivity index (χ1v) is 30.5. The Bertz CT molecular complexity index is 1240. The van der Waals surface area contributed by atoms with Crippen molar-refractivity contribution in [1.29, 1.82) is 0 Å². The first kappa shape index (κ1) is 67.3. The first-order chi connectivity index (χ1) is 34.6. The van der Waals surface area contributed by atoms with E-state index in [1.54, 1.807) is 0 Å². The van der Waals surface area contributed by atoms with E-state index >= 15 is 0 Å². The van der Waals surface area contributed by atoms with E-state index in [1.165, 1.54) is 212 Å². The van der Waals surface area contributed by atoms with Gasteiger partial charge in [0.2, 0.25) is 0 Å². The van der Waals surface area contributed by atoms with Crippen LogP contribution >= 0.6 is 0 Å². The van der Waals surface area contributed by atoms with Gasteiger partial charge in [0, 0.05) is 13.0 Å². The van der Waals surface area contributed by atoms with E-state index < -0.39 is 6.10 Å². The minimum Gasteiger partial charge on any atom is -0.462 e. The SMILES string of the molecule is CC/C=C\C/C=C\C/C=C\C/C=C\C/C=C\CC(=O)OC(COCCCCCCCCCCCC/C=C\CCCCCCCC)COC(=O)CCCCCCCCCCCCCCCCCCCCC. The van der Waals surface area contributed by atoms with Gasteiger partial charge in [-0.3, -0.25) is 9.59 Å². The molecule has 406 valence electrons. The highest BCUT2D eigenvalue weighted by atomic mass is 16.6. The maximum Gasteiger partial charge on any atom is 0.310 e. The van der Waals surface area contributed by atoms with Gasteiger partial charge in [0.25, 0.3) is 0 Å². The molecular weight excluding hydrogens is 861 g/mol. The topological polar surface area (TPSA) is 61.8 Å². The van der Waals surface area contributed by atoms with Gasteiger partial charge in [-0.2, -0.15) is 0 Å². The largest absolute Gasteiger partial charge is 0.462 e. The summed E-state index contributed by atoms with van der Waals surface area (Å²) in [6.45, 7) is 7.65. The zero-order chi connectivity index (χ0) is 50.6. The minimum atomic E-state index is -0.592. The van der Waals surface area contributed by atoms with Gasteiger partial charge in [0.05, 0.1) is 13.0 Å². The average molecular weight is 978 g/mol. The molecule has 0 amide bonds. The van der Waals surface area contributed by atoms with Crippen molar-refractivity contribution in [3.8, 4) is 0 Å². The molecule has 1 atom stereocenters. The second-order valence-electron chi connectivity index (χ2n) is 20.2. The number of carbonyl (C=O) groups excluding carboxylic acids is 2. The predicted molar refractivity (Wildman–Crippen MR) is 307 cm³/mol. The van der Waals surface area contributed by atoms with Crippen LogP contribution in [0.1, 0.15) is 303 Å². The van der Waals surface area contributed by atoms with Crippen molar-refractivity contribution in [2.75, 3.05) is 19.8 Å². The Morgan fingerprint density at radius 1 is 0.343 bits per heavy atom. The molecule has 70 heavy (non-hydrogen) atoms. The Kier molecular flexibility index (Phi) is 58.3. The van der Waals surface area contributed by atoms with Gasteiger partial charge < -0.3 is 14.2 Å². The summed E-state index contributed by atoms with van der Waals surface area (Å²) in [6, 6.07) is 0. The second-order valence-corrected chi connectivity index (χ2v) is 20.2. The fourth-order valence-electron chi connectivity index (χ4n) is 8.76. The number of allylic oxidation sites excluding steroid dienone is 11. The fourth-order valence-corrected chi connectivity index (χ4v) is 8.76. The summed E-state index contributed by atoms with van der Waals surface area (Å²) in [4.78, 5) is 25.5. The number of rotatable bonds is 56. The molecule has 0 N–H and O–H groups in total. The molecule has 1 unspecified atom stereocenters. The van der Waals surface area contributed by atoms with Crippen molar-refractivity contribution < 1.29 is 23.8 Å². The van der Waals surface area contributed by atoms with Gasteiger partial charge in [-0.25, -0.2) is 0 Å². The van der Waals surface area contributed by atoms with Crippen LogP contribution in [-0.2, 0) is 23.8 Å². The van der Waals surface area contributed by atoms with Crippen LogP contribution in [0.4, 0.5) is 0 Å². The molecule has 0 bridgehead atoms. The molecule has 0 aromatic rings. The van der Waals surface area contributed by atoms with Crippen LogP contribution < -0.4 is 0 Å². The summed E-state index contributed by atoms with van der Waals surface area (Å²) >= 11 is 0. The second kappa shape index (κ2) is 60.6. The molecule has 0 aliphatic carbocycles. The van der Waals surface area contributed by atoms with Crippen LogP contribution in [-0.4, -0.2) is 37.9 Å². The van der Waals surface area contributed by atoms with Crippen molar-refractivity contribution in [3.63, 3.8) is 0 Å². The van der Waals surface area contributed by atoms with Crippen LogP contribution in [0.15, 0.2) is 72.9 Å². The molecule has 0 rings (SSSR count). The van der Waals surface area contributed by atoms with Gasteiger partial charge in [-0.15, -0.1) is 0 Å². The van der Waals surface area contributed by atoms with Crippen LogP contribution in [0.2, 0.25) is 0 Å². The summed E-state index contributed by atoms with van der Waals surface area (Å²) in [6.07, 6.45) is 79.7. The quantitative estimate of drug-likeness (QED) is 0.0345. The third kappa shape index (κ3) is 57.9. The smallest absolute Gasteiger partial charge is 0.310 e. The van der Waals surface area contributed by atoms with Crippen LogP contribution in [0.3, 0.4) is 0 Å². The lowest BCUT2D eigenvalue weighted by Gasteiger charge is -2.18. The first-order valence-electron chi connectivity index (χ1n) is 30.5. The maximum absolute atomic E-state index is 12.8. The van der Waals surface area contributed by atoms with Crippen LogP contribution in [0.25, 0.3) is 0 Å². The molecule has 5 heteroatoms. The molecule has 0 aromatic carbocycles. The van der Waals surface area contributed by atoms with Crippen molar-refractivity contribution in [3.05, 3.63) is 72.9 Å². The number of carbonyl (C=O) groups is 2. The van der Waals surface area contributed by atoms with Crippen LogP contribution in [0, 0.1) is 0 Å². The molecule has 0 saturated heterocycles. The van der Waals surface area contributed by atoms with E-state index in [1.807, 2.05) is 12.2 Å². The third-order valence-corrected chi connectivity index (χ3v) is 13.3. The summed E-state index contributed by atoms with van der Waals surface area (Å²) in [5, 5.41) is 0.